The van der Waals surface area contributed by atoms with Gasteiger partial charge in [-0.1, -0.05) is 18.5 Å². The van der Waals surface area contributed by atoms with Crippen LogP contribution in [0.3, 0.4) is 0 Å². The Hall–Kier alpha value is -1.14. The summed E-state index contributed by atoms with van der Waals surface area (Å²) in [5.74, 6) is -0.675. The molecule has 2 amide bonds. The number of halogens is 2. The van der Waals surface area contributed by atoms with Crippen molar-refractivity contribution in [2.24, 2.45) is 5.92 Å². The van der Waals surface area contributed by atoms with Crippen LogP contribution in [-0.2, 0) is 4.79 Å². The van der Waals surface area contributed by atoms with Crippen LogP contribution in [0.4, 0.5) is 0 Å². The molecule has 1 atom stereocenters. The van der Waals surface area contributed by atoms with Gasteiger partial charge in [-0.2, -0.15) is 0 Å². The van der Waals surface area contributed by atoms with E-state index in [0.29, 0.717) is 16.6 Å². The summed E-state index contributed by atoms with van der Waals surface area (Å²) >= 11 is 9.15. The molecule has 104 valence electrons. The summed E-state index contributed by atoms with van der Waals surface area (Å²) < 4.78 is 0.674. The maximum Gasteiger partial charge on any atom is 0.256 e. The Morgan fingerprint density at radius 2 is 2.21 bits per heavy atom. The second kappa shape index (κ2) is 6.86. The van der Waals surface area contributed by atoms with E-state index in [2.05, 4.69) is 26.2 Å². The van der Waals surface area contributed by atoms with E-state index in [4.69, 9.17) is 11.6 Å². The number of hydrogen-bond donors (Lipinski definition) is 1. The largest absolute Gasteiger partial charge is 0.359 e. The van der Waals surface area contributed by atoms with Gasteiger partial charge >= 0.3 is 0 Å². The number of nitrogens with one attached hydrogen (secondary N) is 1. The monoisotopic (exact) mass is 347 g/mol. The summed E-state index contributed by atoms with van der Waals surface area (Å²) in [5, 5.41) is 2.69. The van der Waals surface area contributed by atoms with Crippen LogP contribution in [-0.4, -0.2) is 42.3 Å². The Balaban J connectivity index is 2.82. The van der Waals surface area contributed by atoms with Crippen molar-refractivity contribution in [3.63, 3.8) is 0 Å². The zero-order valence-corrected chi connectivity index (χ0v) is 13.2. The Bertz CT molecular complexity index is 496. The molecule has 1 aromatic heterocycles. The fourth-order valence-corrected chi connectivity index (χ4v) is 2.12. The third-order valence-corrected chi connectivity index (χ3v) is 3.36. The normalized spacial score (nSPS) is 11.8. The average Bonchev–Trinajstić information content (AvgIpc) is 2.39. The lowest BCUT2D eigenvalue weighted by Crippen LogP contribution is -2.37. The van der Waals surface area contributed by atoms with Crippen molar-refractivity contribution in [2.45, 2.75) is 6.92 Å². The quantitative estimate of drug-likeness (QED) is 0.846. The lowest BCUT2D eigenvalue weighted by Gasteiger charge is -2.21. The van der Waals surface area contributed by atoms with E-state index in [9.17, 15) is 9.59 Å². The van der Waals surface area contributed by atoms with Gasteiger partial charge in [0, 0.05) is 31.3 Å². The first kappa shape index (κ1) is 15.9. The molecule has 1 N–H and O–H groups in total. The Kier molecular flexibility index (Phi) is 5.75. The molecule has 0 saturated heterocycles. The Morgan fingerprint density at radius 1 is 1.58 bits per heavy atom. The van der Waals surface area contributed by atoms with Gasteiger partial charge in [0.15, 0.2) is 0 Å². The predicted molar refractivity (Wildman–Crippen MR) is 77.1 cm³/mol. The third kappa shape index (κ3) is 4.18. The number of carbonyl (C=O) groups is 2. The maximum atomic E-state index is 12.2. The lowest BCUT2D eigenvalue weighted by molar-refractivity contribution is -0.124. The molecule has 0 aliphatic heterocycles. The number of hydrogen-bond acceptors (Lipinski definition) is 3. The number of pyridine rings is 1. The van der Waals surface area contributed by atoms with E-state index in [-0.39, 0.29) is 22.9 Å². The molecule has 1 rings (SSSR count). The Labute approximate surface area is 125 Å². The van der Waals surface area contributed by atoms with Crippen molar-refractivity contribution in [3.8, 4) is 0 Å². The van der Waals surface area contributed by atoms with Crippen molar-refractivity contribution in [2.75, 3.05) is 20.6 Å². The van der Waals surface area contributed by atoms with Crippen LogP contribution in [0.15, 0.2) is 16.7 Å². The summed E-state index contributed by atoms with van der Waals surface area (Å²) in [6.45, 7) is 2.06. The fourth-order valence-electron chi connectivity index (χ4n) is 1.60. The molecule has 7 heteroatoms. The predicted octanol–water partition coefficient (Wildman–Crippen LogP) is 1.95. The van der Waals surface area contributed by atoms with Gasteiger partial charge in [-0.15, -0.1) is 0 Å². The van der Waals surface area contributed by atoms with Crippen LogP contribution in [0.25, 0.3) is 0 Å². The molecule has 5 nitrogen and oxygen atoms in total. The molecule has 0 spiro atoms. The van der Waals surface area contributed by atoms with Crippen molar-refractivity contribution in [3.05, 3.63) is 27.5 Å². The zero-order chi connectivity index (χ0) is 14.6. The highest BCUT2D eigenvalue weighted by Crippen LogP contribution is 2.19. The summed E-state index contributed by atoms with van der Waals surface area (Å²) in [6, 6.07) is 1.61. The van der Waals surface area contributed by atoms with Gasteiger partial charge in [-0.25, -0.2) is 4.98 Å². The molecule has 1 unspecified atom stereocenters. The highest BCUT2D eigenvalue weighted by molar-refractivity contribution is 9.10. The molecule has 1 aromatic rings. The number of rotatable bonds is 4. The van der Waals surface area contributed by atoms with E-state index in [1.165, 1.54) is 11.1 Å². The first-order valence-electron chi connectivity index (χ1n) is 5.65. The summed E-state index contributed by atoms with van der Waals surface area (Å²) in [5.41, 5.74) is 0.308. The van der Waals surface area contributed by atoms with E-state index >= 15 is 0 Å². The minimum Gasteiger partial charge on any atom is -0.359 e. The molecule has 0 aromatic carbocycles. The molecule has 0 bridgehead atoms. The molecule has 19 heavy (non-hydrogen) atoms. The minimum atomic E-state index is -0.294. The molecule has 0 aliphatic carbocycles. The van der Waals surface area contributed by atoms with Crippen molar-refractivity contribution in [1.29, 1.82) is 0 Å². The minimum absolute atomic E-state index is 0.113. The number of carbonyl (C=O) groups excluding carboxylic acids is 2. The third-order valence-electron chi connectivity index (χ3n) is 2.62. The highest BCUT2D eigenvalue weighted by Gasteiger charge is 2.20. The standard InChI is InChI=1S/C12H15BrClN3O2/c1-7(11(18)15-2)6-17(3)12(19)9-4-8(13)5-16-10(9)14/h4-5,7H,6H2,1-3H3,(H,15,18). The second-order valence-corrected chi connectivity index (χ2v) is 5.47. The first-order chi connectivity index (χ1) is 8.86. The van der Waals surface area contributed by atoms with E-state index in [1.807, 2.05) is 0 Å². The van der Waals surface area contributed by atoms with Gasteiger partial charge in [-0.3, -0.25) is 9.59 Å². The molecular formula is C12H15BrClN3O2. The van der Waals surface area contributed by atoms with Crippen LogP contribution in [0.5, 0.6) is 0 Å². The van der Waals surface area contributed by atoms with Gasteiger partial charge in [0.25, 0.3) is 5.91 Å². The molecule has 0 radical (unpaired) electrons. The molecule has 0 fully saturated rings. The lowest BCUT2D eigenvalue weighted by atomic mass is 10.1. The average molecular weight is 349 g/mol. The summed E-state index contributed by atoms with van der Waals surface area (Å²) in [6.07, 6.45) is 1.52. The van der Waals surface area contributed by atoms with E-state index in [1.54, 1.807) is 27.1 Å². The van der Waals surface area contributed by atoms with Crippen molar-refractivity contribution < 1.29 is 9.59 Å². The van der Waals surface area contributed by atoms with Gasteiger partial charge in [0.05, 0.1) is 11.5 Å². The fraction of sp³-hybridized carbons (Fsp3) is 0.417. The summed E-state index contributed by atoms with van der Waals surface area (Å²) in [4.78, 5) is 29.0. The van der Waals surface area contributed by atoms with Gasteiger partial charge in [-0.05, 0) is 22.0 Å². The zero-order valence-electron chi connectivity index (χ0n) is 10.9. The summed E-state index contributed by atoms with van der Waals surface area (Å²) in [7, 11) is 3.19. The van der Waals surface area contributed by atoms with Crippen LogP contribution < -0.4 is 5.32 Å². The van der Waals surface area contributed by atoms with Crippen LogP contribution in [0.1, 0.15) is 17.3 Å². The first-order valence-corrected chi connectivity index (χ1v) is 6.82. The SMILES string of the molecule is CNC(=O)C(C)CN(C)C(=O)c1cc(Br)cnc1Cl. The number of aromatic nitrogens is 1. The number of amides is 2. The highest BCUT2D eigenvalue weighted by atomic mass is 79.9. The number of nitrogens with zero attached hydrogens (tertiary/aromatic N) is 2. The second-order valence-electron chi connectivity index (χ2n) is 4.19. The van der Waals surface area contributed by atoms with Crippen molar-refractivity contribution >= 4 is 39.3 Å². The molecule has 1 heterocycles. The van der Waals surface area contributed by atoms with Crippen LogP contribution in [0.2, 0.25) is 5.15 Å². The smallest absolute Gasteiger partial charge is 0.256 e. The Morgan fingerprint density at radius 3 is 2.79 bits per heavy atom. The van der Waals surface area contributed by atoms with Crippen LogP contribution in [0, 0.1) is 5.92 Å². The van der Waals surface area contributed by atoms with Gasteiger partial charge < -0.3 is 10.2 Å². The van der Waals surface area contributed by atoms with Crippen LogP contribution >= 0.6 is 27.5 Å². The maximum absolute atomic E-state index is 12.2. The molecular weight excluding hydrogens is 334 g/mol. The molecule has 0 aliphatic rings. The molecule has 0 saturated carbocycles. The van der Waals surface area contributed by atoms with E-state index < -0.39 is 0 Å². The topological polar surface area (TPSA) is 62.3 Å². The van der Waals surface area contributed by atoms with Crippen molar-refractivity contribution in [1.82, 2.24) is 15.2 Å². The van der Waals surface area contributed by atoms with Gasteiger partial charge in [0.1, 0.15) is 5.15 Å². The van der Waals surface area contributed by atoms with E-state index in [0.717, 1.165) is 0 Å². The van der Waals surface area contributed by atoms with Gasteiger partial charge in [0.2, 0.25) is 5.91 Å².